The molecule has 0 spiro atoms. The van der Waals surface area contributed by atoms with Crippen LogP contribution in [0.5, 0.6) is 0 Å². The first kappa shape index (κ1) is 14.5. The molecule has 3 rings (SSSR count). The molecule has 0 saturated heterocycles. The summed E-state index contributed by atoms with van der Waals surface area (Å²) in [5.41, 5.74) is 1.36. The highest BCUT2D eigenvalue weighted by atomic mass is 32.1. The minimum atomic E-state index is -2.88. The van der Waals surface area contributed by atoms with E-state index >= 15 is 0 Å². The summed E-state index contributed by atoms with van der Waals surface area (Å²) in [5, 5.41) is 14.1. The molecule has 0 radical (unpaired) electrons. The van der Waals surface area contributed by atoms with Crippen molar-refractivity contribution in [1.29, 1.82) is 0 Å². The van der Waals surface area contributed by atoms with Crippen molar-refractivity contribution in [3.63, 3.8) is 0 Å². The van der Waals surface area contributed by atoms with Crippen LogP contribution in [-0.2, 0) is 11.4 Å². The molecule has 1 aliphatic rings. The highest BCUT2D eigenvalue weighted by Gasteiger charge is 2.61. The number of amides is 1. The first-order chi connectivity index (χ1) is 9.90. The second-order valence-corrected chi connectivity index (χ2v) is 6.67. The first-order valence-electron chi connectivity index (χ1n) is 6.12. The third-order valence-electron chi connectivity index (χ3n) is 3.09. The van der Waals surface area contributed by atoms with Crippen LogP contribution in [0.4, 0.5) is 13.9 Å². The lowest BCUT2D eigenvalue weighted by Gasteiger charge is -1.99. The van der Waals surface area contributed by atoms with E-state index in [1.165, 1.54) is 22.7 Å². The molecule has 1 atom stereocenters. The van der Waals surface area contributed by atoms with Crippen LogP contribution in [0.2, 0.25) is 0 Å². The van der Waals surface area contributed by atoms with Crippen molar-refractivity contribution in [1.82, 2.24) is 9.97 Å². The average Bonchev–Trinajstić information content (AvgIpc) is 2.81. The molecule has 21 heavy (non-hydrogen) atoms. The maximum atomic E-state index is 12.8. The molecular formula is C12H11F2N3O2S2. The van der Waals surface area contributed by atoms with Crippen LogP contribution in [0.25, 0.3) is 10.6 Å². The molecule has 0 aliphatic heterocycles. The molecule has 2 aromatic heterocycles. The average molecular weight is 331 g/mol. The molecule has 1 saturated carbocycles. The molecule has 2 aromatic rings. The van der Waals surface area contributed by atoms with Gasteiger partial charge in [0.15, 0.2) is 5.13 Å². The summed E-state index contributed by atoms with van der Waals surface area (Å²) in [7, 11) is 0. The number of aromatic nitrogens is 2. The van der Waals surface area contributed by atoms with Crippen LogP contribution < -0.4 is 5.32 Å². The summed E-state index contributed by atoms with van der Waals surface area (Å²) in [6.45, 7) is 1.66. The van der Waals surface area contributed by atoms with E-state index in [-0.39, 0.29) is 11.7 Å². The number of nitrogens with one attached hydrogen (secondary N) is 1. The quantitative estimate of drug-likeness (QED) is 0.903. The number of thiazole rings is 2. The van der Waals surface area contributed by atoms with Crippen LogP contribution in [0.1, 0.15) is 17.1 Å². The Labute approximate surface area is 126 Å². The zero-order valence-corrected chi connectivity index (χ0v) is 12.5. The van der Waals surface area contributed by atoms with Gasteiger partial charge in [-0.25, -0.2) is 18.7 Å². The lowest BCUT2D eigenvalue weighted by molar-refractivity contribution is -0.119. The zero-order valence-electron chi connectivity index (χ0n) is 10.9. The van der Waals surface area contributed by atoms with Gasteiger partial charge in [0.2, 0.25) is 5.91 Å². The van der Waals surface area contributed by atoms with E-state index in [1.807, 2.05) is 0 Å². The summed E-state index contributed by atoms with van der Waals surface area (Å²) in [6.07, 6.45) is -0.398. The molecule has 1 fully saturated rings. The van der Waals surface area contributed by atoms with Crippen LogP contribution in [0.15, 0.2) is 5.38 Å². The number of aryl methyl sites for hydroxylation is 1. The molecular weight excluding hydrogens is 320 g/mol. The Balaban J connectivity index is 1.74. The van der Waals surface area contributed by atoms with Gasteiger partial charge in [-0.2, -0.15) is 0 Å². The van der Waals surface area contributed by atoms with Gasteiger partial charge >= 0.3 is 0 Å². The SMILES string of the molecule is Cc1nc(CO)sc1-c1csc(NC(=O)C2CC2(F)F)n1. The van der Waals surface area contributed by atoms with E-state index in [4.69, 9.17) is 5.11 Å². The largest absolute Gasteiger partial charge is 0.389 e. The van der Waals surface area contributed by atoms with Crippen LogP contribution >= 0.6 is 22.7 Å². The number of hydrogen-bond acceptors (Lipinski definition) is 6. The van der Waals surface area contributed by atoms with Gasteiger partial charge < -0.3 is 10.4 Å². The Kier molecular flexibility index (Phi) is 3.50. The highest BCUT2D eigenvalue weighted by molar-refractivity contribution is 7.17. The van der Waals surface area contributed by atoms with Crippen LogP contribution in [-0.4, -0.2) is 26.9 Å². The van der Waals surface area contributed by atoms with Gasteiger partial charge in [0, 0.05) is 11.8 Å². The number of nitrogens with zero attached hydrogens (tertiary/aromatic N) is 2. The van der Waals surface area contributed by atoms with Gasteiger partial charge in [-0.05, 0) is 6.92 Å². The number of aliphatic hydroxyl groups is 1. The fraction of sp³-hybridized carbons (Fsp3) is 0.417. The number of hydrogen-bond donors (Lipinski definition) is 2. The molecule has 1 amide bonds. The van der Waals surface area contributed by atoms with E-state index in [9.17, 15) is 13.6 Å². The van der Waals surface area contributed by atoms with E-state index in [2.05, 4.69) is 15.3 Å². The standard InChI is InChI=1S/C12H11F2N3O2S2/c1-5-9(21-8(3-18)15-5)7-4-20-11(16-7)17-10(19)6-2-12(6,13)14/h4,6,18H,2-3H2,1H3,(H,16,17,19). The maximum absolute atomic E-state index is 12.8. The molecule has 0 bridgehead atoms. The number of rotatable bonds is 4. The van der Waals surface area contributed by atoms with Crippen molar-refractivity contribution >= 4 is 33.7 Å². The Morgan fingerprint density at radius 2 is 2.29 bits per heavy atom. The Morgan fingerprint density at radius 1 is 1.57 bits per heavy atom. The van der Waals surface area contributed by atoms with E-state index in [1.54, 1.807) is 12.3 Å². The van der Waals surface area contributed by atoms with Crippen molar-refractivity contribution in [3.05, 3.63) is 16.1 Å². The Hall–Kier alpha value is -1.45. The van der Waals surface area contributed by atoms with E-state index in [0.717, 1.165) is 10.6 Å². The predicted octanol–water partition coefficient (Wildman–Crippen LogP) is 2.66. The third-order valence-corrected chi connectivity index (χ3v) is 5.01. The molecule has 0 aromatic carbocycles. The van der Waals surface area contributed by atoms with E-state index < -0.39 is 24.2 Å². The van der Waals surface area contributed by atoms with Crippen molar-refractivity contribution in [2.45, 2.75) is 25.9 Å². The number of anilines is 1. The predicted molar refractivity (Wildman–Crippen MR) is 75.6 cm³/mol. The lowest BCUT2D eigenvalue weighted by Crippen LogP contribution is -2.17. The zero-order chi connectivity index (χ0) is 15.2. The van der Waals surface area contributed by atoms with Crippen LogP contribution in [0, 0.1) is 12.8 Å². The van der Waals surface area contributed by atoms with Gasteiger partial charge in [0.25, 0.3) is 5.92 Å². The Bertz CT molecular complexity index is 698. The minimum absolute atomic E-state index is 0.143. The second kappa shape index (κ2) is 5.08. The number of carbonyl (C=O) groups excluding carboxylic acids is 1. The van der Waals surface area contributed by atoms with E-state index in [0.29, 0.717) is 10.7 Å². The van der Waals surface area contributed by atoms with Gasteiger partial charge in [-0.15, -0.1) is 22.7 Å². The van der Waals surface area contributed by atoms with Gasteiger partial charge in [-0.3, -0.25) is 4.79 Å². The van der Waals surface area contributed by atoms with Crippen molar-refractivity contribution in [2.24, 2.45) is 5.92 Å². The smallest absolute Gasteiger partial charge is 0.260 e. The van der Waals surface area contributed by atoms with Gasteiger partial charge in [-0.1, -0.05) is 0 Å². The normalized spacial score (nSPS) is 19.5. The van der Waals surface area contributed by atoms with Crippen LogP contribution in [0.3, 0.4) is 0 Å². The van der Waals surface area contributed by atoms with Crippen molar-refractivity contribution in [3.8, 4) is 10.6 Å². The van der Waals surface area contributed by atoms with Crippen molar-refractivity contribution in [2.75, 3.05) is 5.32 Å². The van der Waals surface area contributed by atoms with Crippen molar-refractivity contribution < 1.29 is 18.7 Å². The molecule has 1 aliphatic carbocycles. The highest BCUT2D eigenvalue weighted by Crippen LogP contribution is 2.49. The molecule has 2 N–H and O–H groups in total. The summed E-state index contributed by atoms with van der Waals surface area (Å²) < 4.78 is 25.6. The fourth-order valence-electron chi connectivity index (χ4n) is 1.88. The number of aliphatic hydroxyl groups excluding tert-OH is 1. The van der Waals surface area contributed by atoms with Gasteiger partial charge in [0.1, 0.15) is 10.9 Å². The first-order valence-corrected chi connectivity index (χ1v) is 7.82. The molecule has 1 unspecified atom stereocenters. The topological polar surface area (TPSA) is 75.1 Å². The summed E-state index contributed by atoms with van der Waals surface area (Å²) in [5.74, 6) is -4.82. The van der Waals surface area contributed by atoms with Gasteiger partial charge in [0.05, 0.1) is 22.9 Å². The number of halogens is 2. The summed E-state index contributed by atoms with van der Waals surface area (Å²) in [4.78, 5) is 20.8. The molecule has 2 heterocycles. The molecule has 9 heteroatoms. The number of carbonyl (C=O) groups is 1. The minimum Gasteiger partial charge on any atom is -0.389 e. The second-order valence-electron chi connectivity index (χ2n) is 4.73. The lowest BCUT2D eigenvalue weighted by atomic mass is 10.3. The Morgan fingerprint density at radius 3 is 2.86 bits per heavy atom. The summed E-state index contributed by atoms with van der Waals surface area (Å²) in [6, 6.07) is 0. The maximum Gasteiger partial charge on any atom is 0.260 e. The summed E-state index contributed by atoms with van der Waals surface area (Å²) >= 11 is 2.49. The molecule has 5 nitrogen and oxygen atoms in total. The monoisotopic (exact) mass is 331 g/mol. The fourth-order valence-corrected chi connectivity index (χ4v) is 3.55. The number of alkyl halides is 2. The molecule has 112 valence electrons. The third kappa shape index (κ3) is 2.81.